The van der Waals surface area contributed by atoms with Gasteiger partial charge >= 0.3 is 0 Å². The molecule has 0 aromatic carbocycles. The minimum atomic E-state index is 0.471. The molecule has 56 valence electrons. The summed E-state index contributed by atoms with van der Waals surface area (Å²) in [5.74, 6) is 0. The van der Waals surface area contributed by atoms with E-state index in [1.54, 1.807) is 10.8 Å². The summed E-state index contributed by atoms with van der Waals surface area (Å²) in [5.41, 5.74) is 1.65. The van der Waals surface area contributed by atoms with Crippen LogP contribution in [-0.4, -0.2) is 14.5 Å². The number of halogens is 1. The van der Waals surface area contributed by atoms with Gasteiger partial charge in [-0.2, -0.15) is 4.98 Å². The summed E-state index contributed by atoms with van der Waals surface area (Å²) in [5, 5.41) is 0.471. The van der Waals surface area contributed by atoms with Crippen molar-refractivity contribution in [3.05, 3.63) is 23.6 Å². The van der Waals surface area contributed by atoms with Crippen LogP contribution in [0.1, 0.15) is 0 Å². The van der Waals surface area contributed by atoms with E-state index in [2.05, 4.69) is 9.97 Å². The monoisotopic (exact) mass is 167 g/mol. The predicted molar refractivity (Wildman–Crippen MR) is 43.5 cm³/mol. The zero-order chi connectivity index (χ0) is 7.84. The highest BCUT2D eigenvalue weighted by atomic mass is 35.5. The van der Waals surface area contributed by atoms with Gasteiger partial charge in [-0.05, 0) is 23.7 Å². The first-order chi connectivity index (χ1) is 5.29. The molecule has 0 aliphatic rings. The number of imidazole rings is 1. The van der Waals surface area contributed by atoms with Gasteiger partial charge in [0, 0.05) is 13.2 Å². The van der Waals surface area contributed by atoms with Crippen molar-refractivity contribution in [2.75, 3.05) is 0 Å². The number of nitrogens with zero attached hydrogens (tertiary/aromatic N) is 3. The van der Waals surface area contributed by atoms with E-state index in [4.69, 9.17) is 11.6 Å². The van der Waals surface area contributed by atoms with Gasteiger partial charge in [-0.15, -0.1) is 0 Å². The second kappa shape index (κ2) is 2.20. The molecular weight excluding hydrogens is 162 g/mol. The zero-order valence-electron chi connectivity index (χ0n) is 5.95. The Morgan fingerprint density at radius 2 is 2.36 bits per heavy atom. The molecule has 4 heteroatoms. The summed E-state index contributed by atoms with van der Waals surface area (Å²) in [6, 6.07) is 3.79. The summed E-state index contributed by atoms with van der Waals surface area (Å²) in [7, 11) is 1.86. The van der Waals surface area contributed by atoms with Crippen molar-refractivity contribution in [3.8, 4) is 0 Å². The molecule has 0 unspecified atom stereocenters. The Morgan fingerprint density at radius 3 is 3.09 bits per heavy atom. The summed E-state index contributed by atoms with van der Waals surface area (Å²) in [6.07, 6.45) is 1.70. The van der Waals surface area contributed by atoms with E-state index in [0.717, 1.165) is 5.52 Å². The van der Waals surface area contributed by atoms with Gasteiger partial charge < -0.3 is 4.57 Å². The molecule has 2 aromatic rings. The van der Waals surface area contributed by atoms with Crippen LogP contribution in [0.5, 0.6) is 0 Å². The highest BCUT2D eigenvalue weighted by Gasteiger charge is 2.03. The first kappa shape index (κ1) is 6.61. The molecule has 2 rings (SSSR count). The van der Waals surface area contributed by atoms with E-state index in [9.17, 15) is 0 Å². The lowest BCUT2D eigenvalue weighted by Gasteiger charge is -1.91. The van der Waals surface area contributed by atoms with E-state index in [-0.39, 0.29) is 0 Å². The van der Waals surface area contributed by atoms with Crippen molar-refractivity contribution in [1.29, 1.82) is 0 Å². The number of fused-ring (bicyclic) bond motifs is 1. The Kier molecular flexibility index (Phi) is 1.32. The molecule has 0 saturated carbocycles. The molecule has 11 heavy (non-hydrogen) atoms. The van der Waals surface area contributed by atoms with Crippen LogP contribution in [0.25, 0.3) is 11.2 Å². The van der Waals surface area contributed by atoms with Crippen molar-refractivity contribution in [2.24, 2.45) is 7.05 Å². The van der Waals surface area contributed by atoms with E-state index in [1.165, 1.54) is 0 Å². The van der Waals surface area contributed by atoms with Crippen LogP contribution in [-0.2, 0) is 7.05 Å². The molecule has 0 amide bonds. The third kappa shape index (κ3) is 0.886. The Morgan fingerprint density at radius 1 is 1.55 bits per heavy atom. The second-order valence-corrected chi connectivity index (χ2v) is 2.62. The van der Waals surface area contributed by atoms with Crippen molar-refractivity contribution < 1.29 is 0 Å². The largest absolute Gasteiger partial charge is 0.316 e. The Hall–Kier alpha value is -1.09. The van der Waals surface area contributed by atoms with Gasteiger partial charge in [0.15, 0.2) is 5.65 Å². The molecule has 0 saturated heterocycles. The van der Waals surface area contributed by atoms with Gasteiger partial charge in [-0.3, -0.25) is 0 Å². The van der Waals surface area contributed by atoms with Crippen molar-refractivity contribution >= 4 is 22.8 Å². The highest BCUT2D eigenvalue weighted by Crippen LogP contribution is 2.14. The average Bonchev–Trinajstić information content (AvgIpc) is 2.30. The predicted octanol–water partition coefficient (Wildman–Crippen LogP) is 1.62. The molecule has 0 fully saturated rings. The van der Waals surface area contributed by atoms with E-state index in [0.29, 0.717) is 10.9 Å². The fourth-order valence-electron chi connectivity index (χ4n) is 0.998. The highest BCUT2D eigenvalue weighted by molar-refractivity contribution is 6.29. The van der Waals surface area contributed by atoms with Crippen LogP contribution in [0.4, 0.5) is 0 Å². The van der Waals surface area contributed by atoms with Crippen LogP contribution >= 0.6 is 11.6 Å². The van der Waals surface area contributed by atoms with Crippen molar-refractivity contribution in [2.45, 2.75) is 0 Å². The van der Waals surface area contributed by atoms with Crippen molar-refractivity contribution in [3.63, 3.8) is 0 Å². The summed E-state index contributed by atoms with van der Waals surface area (Å²) < 4.78 is 1.80. The summed E-state index contributed by atoms with van der Waals surface area (Å²) >= 11 is 5.76. The van der Waals surface area contributed by atoms with E-state index < -0.39 is 0 Å². The zero-order valence-corrected chi connectivity index (χ0v) is 6.71. The number of rotatable bonds is 0. The van der Waals surface area contributed by atoms with Gasteiger partial charge in [0.1, 0.15) is 0 Å². The number of hydrogen-bond acceptors (Lipinski definition) is 2. The molecule has 0 aliphatic carbocycles. The standard InChI is InChI=1S/C7H6ClN3/c1-11-5-3-2-4-9-6(5)10-7(11)8/h2-4H,1H3. The van der Waals surface area contributed by atoms with E-state index >= 15 is 0 Å². The molecule has 0 spiro atoms. The Labute approximate surface area is 68.6 Å². The third-order valence-electron chi connectivity index (χ3n) is 1.60. The fourth-order valence-corrected chi connectivity index (χ4v) is 1.17. The molecule has 0 aliphatic heterocycles. The smallest absolute Gasteiger partial charge is 0.205 e. The van der Waals surface area contributed by atoms with Crippen LogP contribution in [0.2, 0.25) is 5.28 Å². The minimum Gasteiger partial charge on any atom is -0.316 e. The van der Waals surface area contributed by atoms with Crippen LogP contribution in [0.3, 0.4) is 0 Å². The SMILES string of the molecule is Cn1c(Cl)nc2ncccc21. The fraction of sp³-hybridized carbons (Fsp3) is 0.143. The lowest BCUT2D eigenvalue weighted by Crippen LogP contribution is -1.85. The molecule has 2 aromatic heterocycles. The normalized spacial score (nSPS) is 10.7. The summed E-state index contributed by atoms with van der Waals surface area (Å²) in [6.45, 7) is 0. The molecule has 0 bridgehead atoms. The first-order valence-electron chi connectivity index (χ1n) is 3.22. The minimum absolute atomic E-state index is 0.471. The van der Waals surface area contributed by atoms with Gasteiger partial charge in [0.05, 0.1) is 5.52 Å². The first-order valence-corrected chi connectivity index (χ1v) is 3.60. The van der Waals surface area contributed by atoms with Gasteiger partial charge in [-0.25, -0.2) is 4.98 Å². The van der Waals surface area contributed by atoms with Gasteiger partial charge in [-0.1, -0.05) is 0 Å². The number of hydrogen-bond donors (Lipinski definition) is 0. The van der Waals surface area contributed by atoms with Gasteiger partial charge in [0.25, 0.3) is 0 Å². The van der Waals surface area contributed by atoms with Crippen molar-refractivity contribution in [1.82, 2.24) is 14.5 Å². The van der Waals surface area contributed by atoms with Gasteiger partial charge in [0.2, 0.25) is 5.28 Å². The molecule has 0 atom stereocenters. The molecule has 0 radical (unpaired) electrons. The molecule has 0 N–H and O–H groups in total. The maximum Gasteiger partial charge on any atom is 0.205 e. The Bertz CT molecular complexity index is 393. The number of aryl methyl sites for hydroxylation is 1. The van der Waals surface area contributed by atoms with Crippen LogP contribution < -0.4 is 0 Å². The van der Waals surface area contributed by atoms with Crippen LogP contribution in [0, 0.1) is 0 Å². The lowest BCUT2D eigenvalue weighted by molar-refractivity contribution is 0.949. The second-order valence-electron chi connectivity index (χ2n) is 2.29. The molecule has 2 heterocycles. The lowest BCUT2D eigenvalue weighted by atomic mass is 10.4. The molecule has 3 nitrogen and oxygen atoms in total. The maximum absolute atomic E-state index is 5.76. The molecular formula is C7H6ClN3. The quantitative estimate of drug-likeness (QED) is 0.597. The maximum atomic E-state index is 5.76. The third-order valence-corrected chi connectivity index (χ3v) is 1.94. The van der Waals surface area contributed by atoms with E-state index in [1.807, 2.05) is 19.2 Å². The number of aromatic nitrogens is 3. The number of pyridine rings is 1. The average molecular weight is 168 g/mol. The van der Waals surface area contributed by atoms with Crippen LogP contribution in [0.15, 0.2) is 18.3 Å². The topological polar surface area (TPSA) is 30.7 Å². The Balaban J connectivity index is 2.92. The summed E-state index contributed by atoms with van der Waals surface area (Å²) in [4.78, 5) is 8.08.